The topological polar surface area (TPSA) is 43.4 Å². The lowest BCUT2D eigenvalue weighted by molar-refractivity contribution is -0.134. The van der Waals surface area contributed by atoms with Crippen LogP contribution >= 0.6 is 0 Å². The smallest absolute Gasteiger partial charge is 0.330 e. The first kappa shape index (κ1) is 10.6. The predicted octanol–water partition coefficient (Wildman–Crippen LogP) is 1.25. The van der Waals surface area contributed by atoms with Crippen molar-refractivity contribution in [3.8, 4) is 0 Å². The molecule has 0 amide bonds. The predicted molar refractivity (Wildman–Crippen MR) is 45.6 cm³/mol. The zero-order valence-corrected chi connectivity index (χ0v) is 7.46. The molecule has 0 aliphatic heterocycles. The molecule has 0 spiro atoms. The number of methoxy groups -OCH3 is 1. The lowest BCUT2D eigenvalue weighted by Crippen LogP contribution is -1.94. The van der Waals surface area contributed by atoms with Gasteiger partial charge in [-0.25, -0.2) is 4.79 Å². The quantitative estimate of drug-likeness (QED) is 0.276. The summed E-state index contributed by atoms with van der Waals surface area (Å²) in [5.41, 5.74) is 1.37. The number of aldehydes is 1. The minimum atomic E-state index is -0.423. The van der Waals surface area contributed by atoms with Crippen molar-refractivity contribution in [1.29, 1.82) is 0 Å². The van der Waals surface area contributed by atoms with Gasteiger partial charge in [-0.05, 0) is 25.0 Å². The lowest BCUT2D eigenvalue weighted by atomic mass is 10.1. The van der Waals surface area contributed by atoms with Crippen molar-refractivity contribution in [2.45, 2.75) is 13.8 Å². The number of hydrogen-bond acceptors (Lipinski definition) is 3. The van der Waals surface area contributed by atoms with Crippen molar-refractivity contribution in [1.82, 2.24) is 0 Å². The number of hydrogen-bond donors (Lipinski definition) is 0. The normalized spacial score (nSPS) is 12.6. The highest BCUT2D eigenvalue weighted by Crippen LogP contribution is 2.01. The maximum atomic E-state index is 10.6. The zero-order chi connectivity index (χ0) is 9.56. The summed E-state index contributed by atoms with van der Waals surface area (Å²) in [6.07, 6.45) is 3.58. The van der Waals surface area contributed by atoms with E-state index in [9.17, 15) is 9.59 Å². The molecular weight excluding hydrogens is 156 g/mol. The number of allylic oxidation sites excluding steroid dienone is 3. The molecule has 0 aromatic carbocycles. The van der Waals surface area contributed by atoms with Crippen LogP contribution in [0.25, 0.3) is 0 Å². The van der Waals surface area contributed by atoms with Crippen LogP contribution in [-0.4, -0.2) is 19.4 Å². The van der Waals surface area contributed by atoms with E-state index in [1.807, 2.05) is 0 Å². The van der Waals surface area contributed by atoms with Gasteiger partial charge in [0.25, 0.3) is 0 Å². The molecule has 0 aliphatic rings. The molecule has 66 valence electrons. The summed E-state index contributed by atoms with van der Waals surface area (Å²) < 4.78 is 4.38. The molecule has 0 saturated carbocycles. The summed E-state index contributed by atoms with van der Waals surface area (Å²) in [6.45, 7) is 3.44. The molecule has 3 nitrogen and oxygen atoms in total. The van der Waals surface area contributed by atoms with E-state index in [4.69, 9.17) is 0 Å². The third-order valence-electron chi connectivity index (χ3n) is 1.47. The van der Waals surface area contributed by atoms with Gasteiger partial charge in [-0.3, -0.25) is 4.79 Å². The van der Waals surface area contributed by atoms with Crippen LogP contribution in [0.15, 0.2) is 23.3 Å². The van der Waals surface area contributed by atoms with E-state index in [0.717, 1.165) is 11.9 Å². The first-order valence-corrected chi connectivity index (χ1v) is 3.50. The largest absolute Gasteiger partial charge is 0.466 e. The zero-order valence-electron chi connectivity index (χ0n) is 7.46. The van der Waals surface area contributed by atoms with E-state index >= 15 is 0 Å². The van der Waals surface area contributed by atoms with Crippen molar-refractivity contribution >= 4 is 12.3 Å². The van der Waals surface area contributed by atoms with Crippen LogP contribution in [0.1, 0.15) is 13.8 Å². The summed E-state index contributed by atoms with van der Waals surface area (Å²) in [4.78, 5) is 20.9. The van der Waals surface area contributed by atoms with E-state index in [1.165, 1.54) is 13.2 Å². The average Bonchev–Trinajstić information content (AvgIpc) is 2.11. The van der Waals surface area contributed by atoms with Gasteiger partial charge in [0, 0.05) is 6.08 Å². The number of carbonyl (C=O) groups is 2. The molecule has 0 rings (SSSR count). The molecule has 0 heterocycles. The molecule has 12 heavy (non-hydrogen) atoms. The number of esters is 1. The second-order valence-electron chi connectivity index (χ2n) is 2.34. The molecule has 0 aliphatic carbocycles. The Hall–Kier alpha value is -1.38. The Morgan fingerprint density at radius 1 is 1.17 bits per heavy atom. The minimum absolute atomic E-state index is 0.423. The maximum absolute atomic E-state index is 10.6. The Morgan fingerprint density at radius 2 is 1.75 bits per heavy atom. The fraction of sp³-hybridized carbons (Fsp3) is 0.333. The van der Waals surface area contributed by atoms with Gasteiger partial charge in [0.1, 0.15) is 6.29 Å². The molecule has 0 N–H and O–H groups in total. The Labute approximate surface area is 71.7 Å². The monoisotopic (exact) mass is 168 g/mol. The highest BCUT2D eigenvalue weighted by Gasteiger charge is 1.93. The SMILES string of the molecule is COC(=O)/C=C/C(C)=C(/C)C=O. The van der Waals surface area contributed by atoms with Gasteiger partial charge in [0.15, 0.2) is 0 Å². The second kappa shape index (κ2) is 5.29. The molecular formula is C9H12O3. The van der Waals surface area contributed by atoms with Gasteiger partial charge in [0.2, 0.25) is 0 Å². The molecule has 3 heteroatoms. The van der Waals surface area contributed by atoms with Crippen LogP contribution in [0.4, 0.5) is 0 Å². The minimum Gasteiger partial charge on any atom is -0.466 e. The Bertz CT molecular complexity index is 236. The Balaban J connectivity index is 4.35. The molecule has 0 atom stereocenters. The standard InChI is InChI=1S/C9H12O3/c1-7(8(2)6-10)4-5-9(11)12-3/h4-6H,1-3H3/b5-4+,8-7-. The van der Waals surface area contributed by atoms with Crippen molar-refractivity contribution in [3.05, 3.63) is 23.3 Å². The van der Waals surface area contributed by atoms with Crippen molar-refractivity contribution in [3.63, 3.8) is 0 Å². The van der Waals surface area contributed by atoms with E-state index < -0.39 is 5.97 Å². The van der Waals surface area contributed by atoms with Crippen LogP contribution in [0.2, 0.25) is 0 Å². The summed E-state index contributed by atoms with van der Waals surface area (Å²) in [5, 5.41) is 0. The van der Waals surface area contributed by atoms with Crippen LogP contribution < -0.4 is 0 Å². The third-order valence-corrected chi connectivity index (χ3v) is 1.47. The van der Waals surface area contributed by atoms with Crippen molar-refractivity contribution in [2.75, 3.05) is 7.11 Å². The van der Waals surface area contributed by atoms with Crippen molar-refractivity contribution < 1.29 is 14.3 Å². The molecule has 0 unspecified atom stereocenters. The summed E-state index contributed by atoms with van der Waals surface area (Å²) in [5.74, 6) is -0.423. The second-order valence-corrected chi connectivity index (χ2v) is 2.34. The molecule has 0 aromatic rings. The van der Waals surface area contributed by atoms with Crippen LogP contribution in [-0.2, 0) is 14.3 Å². The van der Waals surface area contributed by atoms with Crippen LogP contribution in [0, 0.1) is 0 Å². The highest BCUT2D eigenvalue weighted by atomic mass is 16.5. The van der Waals surface area contributed by atoms with Gasteiger partial charge < -0.3 is 4.74 Å². The Kier molecular flexibility index (Phi) is 4.69. The van der Waals surface area contributed by atoms with E-state index in [-0.39, 0.29) is 0 Å². The molecule has 0 fully saturated rings. The first-order chi connectivity index (χ1) is 5.61. The van der Waals surface area contributed by atoms with Gasteiger partial charge in [-0.1, -0.05) is 6.08 Å². The summed E-state index contributed by atoms with van der Waals surface area (Å²) in [6, 6.07) is 0. The van der Waals surface area contributed by atoms with Gasteiger partial charge in [0.05, 0.1) is 7.11 Å². The van der Waals surface area contributed by atoms with E-state index in [2.05, 4.69) is 4.74 Å². The average molecular weight is 168 g/mol. The van der Waals surface area contributed by atoms with Crippen LogP contribution in [0.3, 0.4) is 0 Å². The molecule has 0 bridgehead atoms. The fourth-order valence-corrected chi connectivity index (χ4v) is 0.485. The molecule has 0 aromatic heterocycles. The fourth-order valence-electron chi connectivity index (χ4n) is 0.485. The number of carbonyl (C=O) groups excluding carboxylic acids is 2. The Morgan fingerprint density at radius 3 is 2.17 bits per heavy atom. The van der Waals surface area contributed by atoms with Gasteiger partial charge >= 0.3 is 5.97 Å². The highest BCUT2D eigenvalue weighted by molar-refractivity contribution is 5.83. The van der Waals surface area contributed by atoms with Crippen molar-refractivity contribution in [2.24, 2.45) is 0 Å². The van der Waals surface area contributed by atoms with E-state index in [1.54, 1.807) is 19.9 Å². The summed E-state index contributed by atoms with van der Waals surface area (Å²) >= 11 is 0. The maximum Gasteiger partial charge on any atom is 0.330 e. The van der Waals surface area contributed by atoms with E-state index in [0.29, 0.717) is 5.57 Å². The van der Waals surface area contributed by atoms with Crippen LogP contribution in [0.5, 0.6) is 0 Å². The lowest BCUT2D eigenvalue weighted by Gasteiger charge is -1.93. The summed E-state index contributed by atoms with van der Waals surface area (Å²) in [7, 11) is 1.30. The number of rotatable bonds is 3. The third kappa shape index (κ3) is 3.71. The molecule has 0 saturated heterocycles. The van der Waals surface area contributed by atoms with Gasteiger partial charge in [-0.2, -0.15) is 0 Å². The molecule has 0 radical (unpaired) electrons. The number of ether oxygens (including phenoxy) is 1. The first-order valence-electron chi connectivity index (χ1n) is 3.50. The van der Waals surface area contributed by atoms with Gasteiger partial charge in [-0.15, -0.1) is 0 Å².